The first kappa shape index (κ1) is 16.3. The topological polar surface area (TPSA) is 43.8 Å². The lowest BCUT2D eigenvalue weighted by Crippen LogP contribution is -2.50. The largest absolute Gasteiger partial charge is 0.477 e. The fourth-order valence-electron chi connectivity index (χ4n) is 4.38. The first-order valence-corrected chi connectivity index (χ1v) is 9.35. The summed E-state index contributed by atoms with van der Waals surface area (Å²) in [7, 11) is 0. The van der Waals surface area contributed by atoms with Crippen molar-refractivity contribution in [1.82, 2.24) is 9.88 Å². The summed E-state index contributed by atoms with van der Waals surface area (Å²) in [6, 6.07) is 6.38. The summed E-state index contributed by atoms with van der Waals surface area (Å²) in [6.45, 7) is 5.78. The minimum absolute atomic E-state index is 0.385. The number of ether oxygens (including phenoxy) is 3. The van der Waals surface area contributed by atoms with Gasteiger partial charge in [0.1, 0.15) is 0 Å². The maximum Gasteiger partial charge on any atom is 0.213 e. The lowest BCUT2D eigenvalue weighted by Gasteiger charge is -2.40. The van der Waals surface area contributed by atoms with E-state index in [1.165, 1.54) is 25.8 Å². The lowest BCUT2D eigenvalue weighted by molar-refractivity contribution is -0.0658. The number of aromatic nitrogens is 1. The zero-order valence-corrected chi connectivity index (χ0v) is 14.3. The summed E-state index contributed by atoms with van der Waals surface area (Å²) in [4.78, 5) is 6.93. The average molecular weight is 332 g/mol. The highest BCUT2D eigenvalue weighted by atomic mass is 16.5. The van der Waals surface area contributed by atoms with E-state index in [1.807, 2.05) is 18.2 Å². The molecule has 3 aliphatic rings. The van der Waals surface area contributed by atoms with Gasteiger partial charge in [-0.25, -0.2) is 4.98 Å². The van der Waals surface area contributed by atoms with Gasteiger partial charge in [-0.15, -0.1) is 0 Å². The molecule has 0 amide bonds. The highest BCUT2D eigenvalue weighted by Crippen LogP contribution is 2.35. The van der Waals surface area contributed by atoms with Crippen LogP contribution in [-0.4, -0.2) is 61.5 Å². The molecular formula is C19H28N2O3. The lowest BCUT2D eigenvalue weighted by atomic mass is 9.98. The Morgan fingerprint density at radius 2 is 2.04 bits per heavy atom. The summed E-state index contributed by atoms with van der Waals surface area (Å²) >= 11 is 0. The normalized spacial score (nSPS) is 31.8. The molecule has 5 heteroatoms. The molecular weight excluding hydrogens is 304 g/mol. The Morgan fingerprint density at radius 3 is 2.88 bits per heavy atom. The third-order valence-corrected chi connectivity index (χ3v) is 5.69. The van der Waals surface area contributed by atoms with Crippen molar-refractivity contribution in [1.29, 1.82) is 0 Å². The molecule has 0 spiro atoms. The molecule has 0 radical (unpaired) electrons. The van der Waals surface area contributed by atoms with Gasteiger partial charge in [-0.2, -0.15) is 0 Å². The minimum atomic E-state index is 0.385. The van der Waals surface area contributed by atoms with Gasteiger partial charge in [-0.3, -0.25) is 4.90 Å². The van der Waals surface area contributed by atoms with E-state index in [0.717, 1.165) is 51.2 Å². The molecule has 3 fully saturated rings. The van der Waals surface area contributed by atoms with Crippen LogP contribution >= 0.6 is 0 Å². The summed E-state index contributed by atoms with van der Waals surface area (Å²) in [5.74, 6) is 2.09. The summed E-state index contributed by atoms with van der Waals surface area (Å²) in [5, 5.41) is 0. The van der Waals surface area contributed by atoms with Gasteiger partial charge < -0.3 is 14.2 Å². The smallest absolute Gasteiger partial charge is 0.213 e. The predicted molar refractivity (Wildman–Crippen MR) is 91.1 cm³/mol. The molecule has 0 aromatic carbocycles. The van der Waals surface area contributed by atoms with Gasteiger partial charge in [-0.05, 0) is 43.6 Å². The van der Waals surface area contributed by atoms with Crippen LogP contribution in [0, 0.1) is 11.8 Å². The van der Waals surface area contributed by atoms with E-state index < -0.39 is 0 Å². The van der Waals surface area contributed by atoms with Crippen molar-refractivity contribution in [2.75, 3.05) is 39.5 Å². The molecule has 0 bridgehead atoms. The quantitative estimate of drug-likeness (QED) is 0.828. The van der Waals surface area contributed by atoms with Gasteiger partial charge in [0, 0.05) is 44.6 Å². The van der Waals surface area contributed by atoms with Crippen molar-refractivity contribution in [3.05, 3.63) is 24.4 Å². The molecule has 1 unspecified atom stereocenters. The Kier molecular flexibility index (Phi) is 5.30. The Hall–Kier alpha value is -1.17. The van der Waals surface area contributed by atoms with E-state index >= 15 is 0 Å². The minimum Gasteiger partial charge on any atom is -0.477 e. The number of pyridine rings is 1. The molecule has 5 nitrogen and oxygen atoms in total. The van der Waals surface area contributed by atoms with Crippen molar-refractivity contribution >= 4 is 0 Å². The summed E-state index contributed by atoms with van der Waals surface area (Å²) in [5.41, 5.74) is 0. The van der Waals surface area contributed by atoms with E-state index in [-0.39, 0.29) is 0 Å². The second-order valence-electron chi connectivity index (χ2n) is 7.34. The van der Waals surface area contributed by atoms with Crippen LogP contribution in [0.15, 0.2) is 24.4 Å². The van der Waals surface area contributed by atoms with Crippen LogP contribution in [0.1, 0.15) is 25.7 Å². The molecule has 1 aliphatic carbocycles. The maximum absolute atomic E-state index is 6.07. The van der Waals surface area contributed by atoms with Gasteiger partial charge >= 0.3 is 0 Å². The molecule has 132 valence electrons. The van der Waals surface area contributed by atoms with E-state index in [9.17, 15) is 0 Å². The molecule has 2 aliphatic heterocycles. The second-order valence-corrected chi connectivity index (χ2v) is 7.34. The van der Waals surface area contributed by atoms with Crippen LogP contribution in [0.25, 0.3) is 0 Å². The van der Waals surface area contributed by atoms with Crippen molar-refractivity contribution in [3.8, 4) is 5.88 Å². The van der Waals surface area contributed by atoms with Crippen LogP contribution in [0.4, 0.5) is 0 Å². The van der Waals surface area contributed by atoms with Crippen molar-refractivity contribution < 1.29 is 14.2 Å². The number of morpholine rings is 1. The third-order valence-electron chi connectivity index (χ3n) is 5.69. The fourth-order valence-corrected chi connectivity index (χ4v) is 4.38. The van der Waals surface area contributed by atoms with Crippen LogP contribution in [0.3, 0.4) is 0 Å². The van der Waals surface area contributed by atoms with E-state index in [0.29, 0.717) is 18.1 Å². The highest BCUT2D eigenvalue weighted by Gasteiger charge is 2.41. The standard InChI is InChI=1S/C19H28N2O3/c1-2-6-20-19(3-1)24-14-16-11-17-18(12-16)23-10-7-21(17)13-15-4-8-22-9-5-15/h1-3,6,15-18H,4-5,7-14H2/t16?,17-,18-/m1/s1. The van der Waals surface area contributed by atoms with Gasteiger partial charge in [0.15, 0.2) is 0 Å². The van der Waals surface area contributed by atoms with Crippen LogP contribution < -0.4 is 4.74 Å². The Balaban J connectivity index is 1.30. The Morgan fingerprint density at radius 1 is 1.12 bits per heavy atom. The molecule has 1 aromatic heterocycles. The molecule has 3 heterocycles. The van der Waals surface area contributed by atoms with E-state index in [2.05, 4.69) is 9.88 Å². The fraction of sp³-hybridized carbons (Fsp3) is 0.737. The Bertz CT molecular complexity index is 507. The predicted octanol–water partition coefficient (Wildman–Crippen LogP) is 2.37. The van der Waals surface area contributed by atoms with Crippen LogP contribution in [0.5, 0.6) is 5.88 Å². The molecule has 1 saturated carbocycles. The Labute approximate surface area is 144 Å². The molecule has 2 saturated heterocycles. The number of hydrogen-bond donors (Lipinski definition) is 0. The van der Waals surface area contributed by atoms with Gasteiger partial charge in [-0.1, -0.05) is 6.07 Å². The van der Waals surface area contributed by atoms with E-state index in [1.54, 1.807) is 6.20 Å². The second kappa shape index (κ2) is 7.81. The van der Waals surface area contributed by atoms with E-state index in [4.69, 9.17) is 14.2 Å². The number of fused-ring (bicyclic) bond motifs is 1. The van der Waals surface area contributed by atoms with Crippen LogP contribution in [0.2, 0.25) is 0 Å². The monoisotopic (exact) mass is 332 g/mol. The maximum atomic E-state index is 6.07. The van der Waals surface area contributed by atoms with Gasteiger partial charge in [0.25, 0.3) is 0 Å². The van der Waals surface area contributed by atoms with Crippen LogP contribution in [-0.2, 0) is 9.47 Å². The SMILES string of the molecule is c1ccc(OCC2C[C@@H]3[C@@H](C2)OCCN3CC2CCOCC2)nc1. The first-order valence-electron chi connectivity index (χ1n) is 9.35. The zero-order chi connectivity index (χ0) is 16.2. The number of rotatable bonds is 5. The van der Waals surface area contributed by atoms with Crippen molar-refractivity contribution in [2.45, 2.75) is 37.8 Å². The number of nitrogens with zero attached hydrogens (tertiary/aromatic N) is 2. The van der Waals surface area contributed by atoms with Gasteiger partial charge in [0.05, 0.1) is 19.3 Å². The third kappa shape index (κ3) is 3.90. The molecule has 24 heavy (non-hydrogen) atoms. The molecule has 3 atom stereocenters. The molecule has 4 rings (SSSR count). The first-order chi connectivity index (χ1) is 11.9. The summed E-state index contributed by atoms with van der Waals surface area (Å²) in [6.07, 6.45) is 6.88. The summed E-state index contributed by atoms with van der Waals surface area (Å²) < 4.78 is 17.4. The van der Waals surface area contributed by atoms with Gasteiger partial charge in [0.2, 0.25) is 5.88 Å². The molecule has 1 aromatic rings. The van der Waals surface area contributed by atoms with Crippen molar-refractivity contribution in [2.24, 2.45) is 11.8 Å². The molecule has 0 N–H and O–H groups in total. The van der Waals surface area contributed by atoms with Crippen molar-refractivity contribution in [3.63, 3.8) is 0 Å². The average Bonchev–Trinajstić information content (AvgIpc) is 3.06. The zero-order valence-electron chi connectivity index (χ0n) is 14.3. The number of hydrogen-bond acceptors (Lipinski definition) is 5. The highest BCUT2D eigenvalue weighted by molar-refractivity contribution is 5.09.